The van der Waals surface area contributed by atoms with E-state index in [1.54, 1.807) is 0 Å². The van der Waals surface area contributed by atoms with Crippen LogP contribution >= 0.6 is 0 Å². The average molecular weight is 1830 g/mol. The molecule has 16 aromatic heterocycles. The fourth-order valence-corrected chi connectivity index (χ4v) is 27.7. The van der Waals surface area contributed by atoms with Gasteiger partial charge >= 0.3 is 0 Å². The molecule has 16 heterocycles. The first-order valence-electron chi connectivity index (χ1n) is 49.5. The zero-order valence-corrected chi connectivity index (χ0v) is 76.5. The van der Waals surface area contributed by atoms with Crippen molar-refractivity contribution >= 4 is 327 Å². The smallest absolute Gasteiger partial charge is 0.159 e. The summed E-state index contributed by atoms with van der Waals surface area (Å²) in [5.41, 5.74) is 35.4. The van der Waals surface area contributed by atoms with E-state index in [0.717, 1.165) is 144 Å². The number of hydrogen-bond acceptors (Lipinski definition) is 4. The van der Waals surface area contributed by atoms with Crippen LogP contribution in [0.5, 0.6) is 0 Å². The summed E-state index contributed by atoms with van der Waals surface area (Å²) >= 11 is 0. The molecule has 0 amide bonds. The fraction of sp³-hybridized carbons (Fsp3) is 0. The van der Waals surface area contributed by atoms with Crippen molar-refractivity contribution in [1.29, 1.82) is 0 Å². The molecular weight excluding hydrogens is 1760 g/mol. The molecule has 0 atom stereocenters. The minimum absolute atomic E-state index is 0.896. The largest absolute Gasteiger partial charge is 0.454 e. The molecule has 0 bridgehead atoms. The lowest BCUT2D eigenvalue weighted by Gasteiger charge is -2.10. The Morgan fingerprint density at radius 1 is 0.118 bits per heavy atom. The predicted molar refractivity (Wildman–Crippen MR) is 598 cm³/mol. The van der Waals surface area contributed by atoms with Gasteiger partial charge in [-0.2, -0.15) is 0 Å². The molecule has 0 radical (unpaired) electrons. The summed E-state index contributed by atoms with van der Waals surface area (Å²) in [7, 11) is 0. The van der Waals surface area contributed by atoms with E-state index < -0.39 is 0 Å². The summed E-state index contributed by atoms with van der Waals surface area (Å²) in [6.45, 7) is 0. The SMILES string of the molecule is c1ccc2c(c1)oc1c(-n3c4ccccc4c4c5c6cccc7c8cc9c(cc8n(c5ccc43)c76)c3cccc4c5c6c7ccccc7n(-c7cccc8c7oc7ccccc78)c6ccc5n9c34)cccc12.c1ccc2c(c1)oc1c(-n3c4ccccc4c4ccc5c(c6cccc7c8cc9c(cc8n5c76)c5cccc6c7c8c(ccc7n9c56)c5ccccc5n8-c5cccc6c5oc5ccccc56)c43)cccc12. The van der Waals surface area contributed by atoms with Crippen LogP contribution in [0.3, 0.4) is 0 Å². The molecular formula is C132H68N8O4. The van der Waals surface area contributed by atoms with Gasteiger partial charge in [0.15, 0.2) is 22.3 Å². The Balaban J connectivity index is 0.000000118. The van der Waals surface area contributed by atoms with Gasteiger partial charge in [0.2, 0.25) is 0 Å². The van der Waals surface area contributed by atoms with Crippen LogP contribution in [0.1, 0.15) is 0 Å². The van der Waals surface area contributed by atoms with E-state index in [2.05, 4.69) is 436 Å². The highest BCUT2D eigenvalue weighted by Gasteiger charge is 2.34. The third kappa shape index (κ3) is 8.67. The molecule has 0 spiro atoms. The normalized spacial score (nSPS) is 13.0. The highest BCUT2D eigenvalue weighted by Crippen LogP contribution is 2.56. The van der Waals surface area contributed by atoms with Crippen LogP contribution < -0.4 is 0 Å². The first kappa shape index (κ1) is 73.7. The highest BCUT2D eigenvalue weighted by molar-refractivity contribution is 6.40. The van der Waals surface area contributed by atoms with Crippen molar-refractivity contribution in [3.8, 4) is 22.7 Å². The monoisotopic (exact) mass is 1830 g/mol. The van der Waals surface area contributed by atoms with Gasteiger partial charge < -0.3 is 53.5 Å². The van der Waals surface area contributed by atoms with Gasteiger partial charge in [0.25, 0.3) is 0 Å². The summed E-state index contributed by atoms with van der Waals surface area (Å²) in [4.78, 5) is 0. The van der Waals surface area contributed by atoms with E-state index >= 15 is 0 Å². The van der Waals surface area contributed by atoms with Gasteiger partial charge in [-0.05, 0) is 133 Å². The lowest BCUT2D eigenvalue weighted by atomic mass is 10.0. The van der Waals surface area contributed by atoms with Crippen molar-refractivity contribution in [3.05, 3.63) is 413 Å². The maximum absolute atomic E-state index is 6.75. The van der Waals surface area contributed by atoms with Gasteiger partial charge in [-0.15, -0.1) is 0 Å². The highest BCUT2D eigenvalue weighted by atomic mass is 16.3. The molecule has 0 saturated heterocycles. The number of fused-ring (bicyclic) bond motifs is 52. The zero-order valence-electron chi connectivity index (χ0n) is 76.5. The summed E-state index contributed by atoms with van der Waals surface area (Å²) in [6.07, 6.45) is 0. The van der Waals surface area contributed by atoms with Crippen molar-refractivity contribution < 1.29 is 17.7 Å². The Labute approximate surface area is 810 Å². The maximum Gasteiger partial charge on any atom is 0.159 e. The molecule has 0 aliphatic heterocycles. The van der Waals surface area contributed by atoms with Crippen LogP contribution in [0.15, 0.2) is 430 Å². The number of nitrogens with zero attached hydrogens (tertiary/aromatic N) is 8. The number of para-hydroxylation sites is 16. The number of aromatic nitrogens is 8. The molecule has 0 N–H and O–H groups in total. The molecule has 12 nitrogen and oxygen atoms in total. The summed E-state index contributed by atoms with van der Waals surface area (Å²) < 4.78 is 46.8. The molecule has 0 fully saturated rings. The summed E-state index contributed by atoms with van der Waals surface area (Å²) in [5.74, 6) is 0. The van der Waals surface area contributed by atoms with Gasteiger partial charge in [0.1, 0.15) is 22.3 Å². The van der Waals surface area contributed by atoms with Crippen LogP contribution in [0.4, 0.5) is 0 Å². The Morgan fingerprint density at radius 2 is 0.333 bits per heavy atom. The molecule has 0 saturated carbocycles. The van der Waals surface area contributed by atoms with Crippen molar-refractivity contribution in [2.24, 2.45) is 0 Å². The second-order valence-corrected chi connectivity index (χ2v) is 39.8. The average Bonchev–Trinajstić information content (AvgIpc) is 1.50. The minimum Gasteiger partial charge on any atom is -0.454 e. The molecule has 0 aliphatic rings. The molecule has 144 heavy (non-hydrogen) atoms. The van der Waals surface area contributed by atoms with E-state index in [0.29, 0.717) is 0 Å². The van der Waals surface area contributed by atoms with Gasteiger partial charge in [0.05, 0.1) is 133 Å². The predicted octanol–water partition coefficient (Wildman–Crippen LogP) is 36.0. The second-order valence-electron chi connectivity index (χ2n) is 39.8. The van der Waals surface area contributed by atoms with Crippen molar-refractivity contribution in [2.75, 3.05) is 0 Å². The zero-order chi connectivity index (χ0) is 92.5. The standard InChI is InChI=1S/2C66H34N4O2/c1-5-23-47-41(15-1)59-49(67(47)53-25-11-19-39-35-13-3-7-27-57(35)71-65(39)53)29-31-51-61(59)43-21-9-17-37-45-34-56-46(33-55(45)69(51)63(37)43)38-18-10-22-44-62-52(70(56)64(38)44)32-30-50-60(62)42-16-2-6-24-48(42)68(50)54-26-12-20-40-36-14-4-8-28-58(36)72-66(40)54;1-5-23-49-35(13-1)41-29-31-51-59(63(41)67(49)53-25-11-19-43-37-15-3-7-27-57(37)71-65(43)53)45-21-9-17-39-47-34-56-48(33-55(47)69(51)61(39)45)40-18-10-22-46-60-52(70(56)62(40)46)32-30-42-36-14-2-6-24-50(36)68(64(42)60)54-26-12-20-44-38-16-4-8-28-58(38)72-66(44)54/h2*1-34H. The second kappa shape index (κ2) is 25.7. The Kier molecular flexibility index (Phi) is 13.1. The number of benzene rings is 22. The van der Waals surface area contributed by atoms with Crippen LogP contribution in [-0.4, -0.2) is 35.9 Å². The molecule has 12 heteroatoms. The topological polar surface area (TPSA) is 89.9 Å². The molecule has 38 rings (SSSR count). The summed E-state index contributed by atoms with van der Waals surface area (Å²) in [6, 6.07) is 151. The van der Waals surface area contributed by atoms with E-state index in [-0.39, 0.29) is 0 Å². The fourth-order valence-electron chi connectivity index (χ4n) is 27.7. The van der Waals surface area contributed by atoms with Crippen LogP contribution in [0, 0.1) is 0 Å². The van der Waals surface area contributed by atoms with E-state index in [4.69, 9.17) is 17.7 Å². The number of furan rings is 4. The molecule has 0 unspecified atom stereocenters. The van der Waals surface area contributed by atoms with Gasteiger partial charge in [-0.3, -0.25) is 0 Å². The van der Waals surface area contributed by atoms with Crippen molar-refractivity contribution in [2.45, 2.75) is 0 Å². The Hall–Kier alpha value is -19.6. The van der Waals surface area contributed by atoms with Crippen molar-refractivity contribution in [3.63, 3.8) is 0 Å². The molecule has 0 aliphatic carbocycles. The van der Waals surface area contributed by atoms with E-state index in [9.17, 15) is 0 Å². The van der Waals surface area contributed by atoms with Crippen LogP contribution in [-0.2, 0) is 0 Å². The first-order chi connectivity index (χ1) is 71.5. The van der Waals surface area contributed by atoms with E-state index in [1.165, 1.54) is 207 Å². The van der Waals surface area contributed by atoms with Gasteiger partial charge in [-0.25, -0.2) is 0 Å². The number of hydrogen-bond donors (Lipinski definition) is 0. The minimum atomic E-state index is 0.896. The van der Waals surface area contributed by atoms with Crippen molar-refractivity contribution in [1.82, 2.24) is 35.9 Å². The van der Waals surface area contributed by atoms with Gasteiger partial charge in [0, 0.05) is 172 Å². The molecule has 22 aromatic carbocycles. The Bertz CT molecular complexity index is 12000. The molecule has 660 valence electrons. The third-order valence-corrected chi connectivity index (χ3v) is 33.2. The number of rotatable bonds is 4. The van der Waals surface area contributed by atoms with Crippen LogP contribution in [0.2, 0.25) is 0 Å². The quantitative estimate of drug-likeness (QED) is 0.176. The summed E-state index contributed by atoms with van der Waals surface area (Å²) in [5, 5.41) is 39.0. The first-order valence-corrected chi connectivity index (χ1v) is 49.5. The Morgan fingerprint density at radius 3 is 0.660 bits per heavy atom. The third-order valence-electron chi connectivity index (χ3n) is 33.2. The lowest BCUT2D eigenvalue weighted by molar-refractivity contribution is 0.666. The van der Waals surface area contributed by atoms with Gasteiger partial charge in [-0.1, -0.05) is 279 Å². The lowest BCUT2D eigenvalue weighted by Crippen LogP contribution is -1.95. The van der Waals surface area contributed by atoms with Crippen LogP contribution in [0.25, 0.3) is 350 Å². The maximum atomic E-state index is 6.75. The molecule has 38 aromatic rings. The van der Waals surface area contributed by atoms with E-state index in [1.807, 2.05) is 12.1 Å².